The van der Waals surface area contributed by atoms with Crippen molar-refractivity contribution < 1.29 is 37.5 Å². The van der Waals surface area contributed by atoms with Crippen LogP contribution in [0.4, 0.5) is 10.5 Å². The molecule has 3 rings (SSSR count). The number of sulfonamides is 1. The number of nitrogens with one attached hydrogen (secondary N) is 1. The van der Waals surface area contributed by atoms with Crippen LogP contribution in [0.1, 0.15) is 59.9 Å². The lowest BCUT2D eigenvalue weighted by Crippen LogP contribution is -2.52. The highest BCUT2D eigenvalue weighted by molar-refractivity contribution is 7.89. The SMILES string of the molecule is CC(C)(CCC1(C)OCCO1)CN(C[C@@H](O)[C@H](Cc1ccccc1)NC(=O)OC(C)(C)C)S(=O)(=O)c1cccc([N+](=O)[O-])c1. The van der Waals surface area contributed by atoms with Gasteiger partial charge in [-0.1, -0.05) is 50.2 Å². The van der Waals surface area contributed by atoms with Gasteiger partial charge < -0.3 is 24.6 Å². The number of nitro groups is 1. The van der Waals surface area contributed by atoms with Crippen molar-refractivity contribution in [3.8, 4) is 0 Å². The molecule has 0 spiro atoms. The molecule has 1 saturated heterocycles. The lowest BCUT2D eigenvalue weighted by molar-refractivity contribution is -0.385. The molecule has 244 valence electrons. The van der Waals surface area contributed by atoms with Crippen molar-refractivity contribution in [2.45, 2.75) is 89.2 Å². The molecule has 1 aliphatic rings. The Balaban J connectivity index is 1.94. The van der Waals surface area contributed by atoms with Crippen LogP contribution >= 0.6 is 0 Å². The van der Waals surface area contributed by atoms with Gasteiger partial charge in [0.1, 0.15) is 5.60 Å². The zero-order chi connectivity index (χ0) is 32.8. The number of hydrogen-bond donors (Lipinski definition) is 2. The van der Waals surface area contributed by atoms with E-state index >= 15 is 0 Å². The average molecular weight is 636 g/mol. The Morgan fingerprint density at radius 2 is 1.75 bits per heavy atom. The molecule has 1 aliphatic heterocycles. The molecule has 0 bridgehead atoms. The lowest BCUT2D eigenvalue weighted by atomic mass is 9.86. The highest BCUT2D eigenvalue weighted by Gasteiger charge is 2.38. The summed E-state index contributed by atoms with van der Waals surface area (Å²) in [7, 11) is -4.34. The third-order valence-corrected chi connectivity index (χ3v) is 9.09. The number of carbonyl (C=O) groups excluding carboxylic acids is 1. The zero-order valence-electron chi connectivity index (χ0n) is 26.3. The molecule has 12 nitrogen and oxygen atoms in total. The number of amides is 1. The Bertz CT molecular complexity index is 1370. The standard InChI is InChI=1S/C31H45N3O9S/c1-29(2,3)43-28(36)32-26(19-23-11-8-7-9-12-23)27(35)21-33(22-30(4,5)15-16-31(6)41-17-18-42-31)44(39,40)25-14-10-13-24(20-25)34(37)38/h7-14,20,26-27,35H,15-19,21-22H2,1-6H3,(H,32,36)/t26-,27+/m0/s1. The summed E-state index contributed by atoms with van der Waals surface area (Å²) < 4.78 is 46.1. The van der Waals surface area contributed by atoms with Crippen molar-refractivity contribution in [2.75, 3.05) is 26.3 Å². The molecule has 0 saturated carbocycles. The van der Waals surface area contributed by atoms with Crippen LogP contribution in [-0.2, 0) is 30.7 Å². The van der Waals surface area contributed by atoms with Gasteiger partial charge in [0.05, 0.1) is 35.2 Å². The van der Waals surface area contributed by atoms with Crippen LogP contribution in [0.15, 0.2) is 59.5 Å². The minimum atomic E-state index is -4.34. The number of ether oxygens (including phenoxy) is 3. The van der Waals surface area contributed by atoms with E-state index in [2.05, 4.69) is 5.32 Å². The highest BCUT2D eigenvalue weighted by Crippen LogP contribution is 2.34. The second kappa shape index (κ2) is 14.3. The smallest absolute Gasteiger partial charge is 0.407 e. The highest BCUT2D eigenvalue weighted by atomic mass is 32.2. The summed E-state index contributed by atoms with van der Waals surface area (Å²) in [6.07, 6.45) is -0.905. The number of aliphatic hydroxyl groups is 1. The Labute approximate surface area is 259 Å². The lowest BCUT2D eigenvalue weighted by Gasteiger charge is -2.36. The van der Waals surface area contributed by atoms with Gasteiger partial charge in [0.2, 0.25) is 10.0 Å². The van der Waals surface area contributed by atoms with Crippen molar-refractivity contribution >= 4 is 21.8 Å². The van der Waals surface area contributed by atoms with E-state index in [1.165, 1.54) is 18.2 Å². The van der Waals surface area contributed by atoms with Crippen LogP contribution in [0.2, 0.25) is 0 Å². The first-order chi connectivity index (χ1) is 20.4. The number of aliphatic hydroxyl groups excluding tert-OH is 1. The fraction of sp³-hybridized carbons (Fsp3) is 0.581. The maximum atomic E-state index is 14.1. The number of hydrogen-bond acceptors (Lipinski definition) is 9. The van der Waals surface area contributed by atoms with E-state index in [1.54, 1.807) is 20.8 Å². The summed E-state index contributed by atoms with van der Waals surface area (Å²) in [5, 5.41) is 25.7. The van der Waals surface area contributed by atoms with Crippen molar-refractivity contribution in [3.05, 3.63) is 70.3 Å². The number of nitrogens with zero attached hydrogens (tertiary/aromatic N) is 2. The number of carbonyl (C=O) groups is 1. The third kappa shape index (κ3) is 10.5. The van der Waals surface area contributed by atoms with E-state index in [0.717, 1.165) is 15.9 Å². The largest absolute Gasteiger partial charge is 0.444 e. The summed E-state index contributed by atoms with van der Waals surface area (Å²) in [5.74, 6) is -0.779. The number of rotatable bonds is 14. The number of benzene rings is 2. The first-order valence-corrected chi connectivity index (χ1v) is 16.1. The van der Waals surface area contributed by atoms with Crippen molar-refractivity contribution in [3.63, 3.8) is 0 Å². The quantitative estimate of drug-likeness (QED) is 0.223. The van der Waals surface area contributed by atoms with Gasteiger partial charge >= 0.3 is 6.09 Å². The van der Waals surface area contributed by atoms with Gasteiger partial charge in [0.15, 0.2) is 5.79 Å². The molecular weight excluding hydrogens is 590 g/mol. The van der Waals surface area contributed by atoms with Gasteiger partial charge in [-0.25, -0.2) is 13.2 Å². The van der Waals surface area contributed by atoms with E-state index in [0.29, 0.717) is 26.1 Å². The molecule has 2 aromatic carbocycles. The Morgan fingerprint density at radius 1 is 1.11 bits per heavy atom. The summed E-state index contributed by atoms with van der Waals surface area (Å²) in [5.41, 5.74) is -0.982. The average Bonchev–Trinajstić information content (AvgIpc) is 3.37. The molecular formula is C31H45N3O9S. The van der Waals surface area contributed by atoms with Crippen LogP contribution in [-0.4, -0.2) is 78.7 Å². The molecule has 1 fully saturated rings. The second-order valence-electron chi connectivity index (χ2n) is 13.1. The van der Waals surface area contributed by atoms with E-state index in [1.807, 2.05) is 51.1 Å². The van der Waals surface area contributed by atoms with Gasteiger partial charge in [-0.15, -0.1) is 0 Å². The van der Waals surface area contributed by atoms with Gasteiger partial charge in [-0.2, -0.15) is 4.31 Å². The maximum Gasteiger partial charge on any atom is 0.407 e. The van der Waals surface area contributed by atoms with Crippen LogP contribution < -0.4 is 5.32 Å². The molecule has 44 heavy (non-hydrogen) atoms. The molecule has 13 heteroatoms. The van der Waals surface area contributed by atoms with E-state index < -0.39 is 56.5 Å². The van der Waals surface area contributed by atoms with Crippen molar-refractivity contribution in [2.24, 2.45) is 5.41 Å². The molecule has 1 heterocycles. The predicted octanol–water partition coefficient (Wildman–Crippen LogP) is 4.65. The first kappa shape index (κ1) is 35.4. The molecule has 0 radical (unpaired) electrons. The minimum Gasteiger partial charge on any atom is -0.444 e. The molecule has 2 atom stereocenters. The number of alkyl carbamates (subject to hydrolysis) is 1. The molecule has 0 aliphatic carbocycles. The molecule has 0 aromatic heterocycles. The summed E-state index contributed by atoms with van der Waals surface area (Å²) in [6.45, 7) is 11.3. The molecule has 2 N–H and O–H groups in total. The Morgan fingerprint density at radius 3 is 2.34 bits per heavy atom. The van der Waals surface area contributed by atoms with Gasteiger partial charge in [0.25, 0.3) is 5.69 Å². The first-order valence-electron chi connectivity index (χ1n) is 14.6. The van der Waals surface area contributed by atoms with Crippen molar-refractivity contribution in [1.82, 2.24) is 9.62 Å². The number of non-ortho nitro benzene ring substituents is 1. The van der Waals surface area contributed by atoms with E-state index in [-0.39, 0.29) is 23.5 Å². The monoisotopic (exact) mass is 635 g/mol. The predicted molar refractivity (Wildman–Crippen MR) is 164 cm³/mol. The summed E-state index contributed by atoms with van der Waals surface area (Å²) in [6, 6.07) is 13.1. The normalized spacial score (nSPS) is 16.8. The molecule has 2 aromatic rings. The van der Waals surface area contributed by atoms with Gasteiger partial charge in [0, 0.05) is 31.6 Å². The third-order valence-electron chi connectivity index (χ3n) is 7.28. The van der Waals surface area contributed by atoms with Crippen LogP contribution in [0.3, 0.4) is 0 Å². The zero-order valence-corrected chi connectivity index (χ0v) is 27.1. The van der Waals surface area contributed by atoms with Gasteiger partial charge in [-0.05, 0) is 57.6 Å². The molecule has 1 amide bonds. The Hall–Kier alpha value is -3.10. The van der Waals surface area contributed by atoms with E-state index in [4.69, 9.17) is 14.2 Å². The second-order valence-corrected chi connectivity index (χ2v) is 15.0. The molecule has 0 unspecified atom stereocenters. The maximum absolute atomic E-state index is 14.1. The van der Waals surface area contributed by atoms with Crippen LogP contribution in [0.5, 0.6) is 0 Å². The topological polar surface area (TPSA) is 158 Å². The summed E-state index contributed by atoms with van der Waals surface area (Å²) in [4.78, 5) is 23.3. The van der Waals surface area contributed by atoms with Crippen molar-refractivity contribution in [1.29, 1.82) is 0 Å². The van der Waals surface area contributed by atoms with Gasteiger partial charge in [-0.3, -0.25) is 10.1 Å². The Kier molecular flexibility index (Phi) is 11.5. The fourth-order valence-corrected chi connectivity index (χ4v) is 6.61. The minimum absolute atomic E-state index is 0.0321. The fourth-order valence-electron chi connectivity index (χ4n) is 4.92. The van der Waals surface area contributed by atoms with E-state index in [9.17, 15) is 28.4 Å². The summed E-state index contributed by atoms with van der Waals surface area (Å²) >= 11 is 0. The number of nitro benzene ring substituents is 1. The van der Waals surface area contributed by atoms with Crippen LogP contribution in [0.25, 0.3) is 0 Å². The van der Waals surface area contributed by atoms with Crippen LogP contribution in [0, 0.1) is 15.5 Å².